The third kappa shape index (κ3) is 6.80. The van der Waals surface area contributed by atoms with E-state index in [-0.39, 0.29) is 12.5 Å². The van der Waals surface area contributed by atoms with Gasteiger partial charge in [-0.15, -0.1) is 0 Å². The van der Waals surface area contributed by atoms with Crippen LogP contribution in [-0.2, 0) is 16.1 Å². The van der Waals surface area contributed by atoms with Gasteiger partial charge in [-0.25, -0.2) is 0 Å². The van der Waals surface area contributed by atoms with Crippen molar-refractivity contribution in [3.05, 3.63) is 29.8 Å². The smallest absolute Gasteiger partial charge is 0.255 e. The molecule has 8 nitrogen and oxygen atoms in total. The van der Waals surface area contributed by atoms with Crippen LogP contribution in [0.25, 0.3) is 0 Å². The number of hydrogen-bond acceptors (Lipinski definition) is 4. The molecule has 1 aliphatic heterocycles. The molecule has 148 valence electrons. The first-order valence-electron chi connectivity index (χ1n) is 9.18. The van der Waals surface area contributed by atoms with Crippen LogP contribution in [-0.4, -0.2) is 56.5 Å². The fraction of sp³-hybridized carbons (Fsp3) is 0.526. The predicted molar refractivity (Wildman–Crippen MR) is 104 cm³/mol. The molecule has 4 N–H and O–H groups in total. The predicted octanol–water partition coefficient (Wildman–Crippen LogP) is 0.474. The summed E-state index contributed by atoms with van der Waals surface area (Å²) in [7, 11) is 3.45. The van der Waals surface area contributed by atoms with Crippen LogP contribution < -0.4 is 21.1 Å². The van der Waals surface area contributed by atoms with E-state index in [2.05, 4.69) is 20.5 Å². The maximum atomic E-state index is 11.5. The minimum absolute atomic E-state index is 0.106. The first-order valence-corrected chi connectivity index (χ1v) is 9.18. The molecule has 1 aromatic rings. The molecule has 2 rings (SSSR count). The molecule has 1 heterocycles. The van der Waals surface area contributed by atoms with Gasteiger partial charge in [-0.05, 0) is 36.5 Å². The molecule has 2 amide bonds. The lowest BCUT2D eigenvalue weighted by molar-refractivity contribution is -0.122. The fourth-order valence-corrected chi connectivity index (χ4v) is 3.13. The number of carbonyl (C=O) groups is 2. The zero-order chi connectivity index (χ0) is 19.6. The van der Waals surface area contributed by atoms with Gasteiger partial charge in [-0.2, -0.15) is 0 Å². The van der Waals surface area contributed by atoms with Crippen LogP contribution in [0.1, 0.15) is 24.8 Å². The number of benzene rings is 1. The van der Waals surface area contributed by atoms with E-state index in [1.807, 2.05) is 18.2 Å². The average Bonchev–Trinajstić information content (AvgIpc) is 2.68. The molecule has 1 aliphatic rings. The summed E-state index contributed by atoms with van der Waals surface area (Å²) in [4.78, 5) is 28.9. The van der Waals surface area contributed by atoms with Crippen molar-refractivity contribution in [3.8, 4) is 5.75 Å². The number of nitrogens with zero attached hydrogens (tertiary/aromatic N) is 2. The van der Waals surface area contributed by atoms with Crippen molar-refractivity contribution in [2.24, 2.45) is 16.6 Å². The van der Waals surface area contributed by atoms with Crippen LogP contribution in [0.4, 0.5) is 0 Å². The summed E-state index contributed by atoms with van der Waals surface area (Å²) in [5.74, 6) is 1.49. The number of ether oxygens (including phenoxy) is 1. The molecular formula is C19H29N5O3. The van der Waals surface area contributed by atoms with Crippen molar-refractivity contribution in [1.82, 2.24) is 15.5 Å². The molecule has 0 atom stereocenters. The molecule has 0 aromatic heterocycles. The Morgan fingerprint density at radius 2 is 2.07 bits per heavy atom. The van der Waals surface area contributed by atoms with E-state index in [1.165, 1.54) is 0 Å². The molecule has 0 saturated carbocycles. The average molecular weight is 375 g/mol. The lowest BCUT2D eigenvalue weighted by Gasteiger charge is -2.34. The van der Waals surface area contributed by atoms with Gasteiger partial charge in [0.05, 0.1) is 0 Å². The second-order valence-corrected chi connectivity index (χ2v) is 6.61. The fourth-order valence-electron chi connectivity index (χ4n) is 3.13. The molecule has 0 unspecified atom stereocenters. The van der Waals surface area contributed by atoms with Crippen molar-refractivity contribution in [2.75, 3.05) is 33.8 Å². The molecule has 0 aliphatic carbocycles. The van der Waals surface area contributed by atoms with Crippen molar-refractivity contribution in [1.29, 1.82) is 0 Å². The van der Waals surface area contributed by atoms with Gasteiger partial charge in [0.1, 0.15) is 5.75 Å². The SMILES string of the molecule is CN=C(NCc1cccc(OCC(N)=O)c1)N1CCC(CC(=O)NC)CC1. The van der Waals surface area contributed by atoms with Gasteiger partial charge >= 0.3 is 0 Å². The molecular weight excluding hydrogens is 346 g/mol. The Morgan fingerprint density at radius 1 is 1.33 bits per heavy atom. The highest BCUT2D eigenvalue weighted by Gasteiger charge is 2.23. The van der Waals surface area contributed by atoms with E-state index in [0.29, 0.717) is 24.6 Å². The summed E-state index contributed by atoms with van der Waals surface area (Å²) < 4.78 is 5.33. The standard InChI is InChI=1S/C19H29N5O3/c1-21-18(26)11-14-6-8-24(9-7-14)19(22-2)23-12-15-4-3-5-16(10-15)27-13-17(20)25/h3-5,10,14H,6-9,11-13H2,1-2H3,(H2,20,25)(H,21,26)(H,22,23). The van der Waals surface area contributed by atoms with E-state index in [4.69, 9.17) is 10.5 Å². The van der Waals surface area contributed by atoms with Gasteiger partial charge in [0.2, 0.25) is 5.91 Å². The second kappa shape index (κ2) is 10.4. The second-order valence-electron chi connectivity index (χ2n) is 6.61. The van der Waals surface area contributed by atoms with Gasteiger partial charge in [0.15, 0.2) is 12.6 Å². The highest BCUT2D eigenvalue weighted by Crippen LogP contribution is 2.20. The minimum Gasteiger partial charge on any atom is -0.484 e. The number of nitrogens with two attached hydrogens (primary N) is 1. The largest absolute Gasteiger partial charge is 0.484 e. The highest BCUT2D eigenvalue weighted by atomic mass is 16.5. The van der Waals surface area contributed by atoms with Crippen LogP contribution in [0.3, 0.4) is 0 Å². The molecule has 1 fully saturated rings. The number of rotatable bonds is 7. The number of primary amides is 1. The maximum Gasteiger partial charge on any atom is 0.255 e. The van der Waals surface area contributed by atoms with E-state index in [0.717, 1.165) is 37.5 Å². The summed E-state index contributed by atoms with van der Waals surface area (Å²) in [6.07, 6.45) is 2.55. The first kappa shape index (κ1) is 20.5. The first-order chi connectivity index (χ1) is 13.0. The zero-order valence-corrected chi connectivity index (χ0v) is 16.0. The Labute approximate surface area is 160 Å². The van der Waals surface area contributed by atoms with Crippen LogP contribution in [0.2, 0.25) is 0 Å². The number of likely N-dealkylation sites (tertiary alicyclic amines) is 1. The van der Waals surface area contributed by atoms with Gasteiger partial charge in [0.25, 0.3) is 5.91 Å². The quantitative estimate of drug-likeness (QED) is 0.474. The summed E-state index contributed by atoms with van der Waals surface area (Å²) in [6.45, 7) is 2.22. The Hall–Kier alpha value is -2.77. The maximum absolute atomic E-state index is 11.5. The van der Waals surface area contributed by atoms with Crippen LogP contribution in [0, 0.1) is 5.92 Å². The minimum atomic E-state index is -0.501. The normalized spacial score (nSPS) is 15.3. The monoisotopic (exact) mass is 375 g/mol. The molecule has 0 bridgehead atoms. The number of hydrogen-bond donors (Lipinski definition) is 3. The Morgan fingerprint density at radius 3 is 2.70 bits per heavy atom. The molecule has 8 heteroatoms. The van der Waals surface area contributed by atoms with Crippen molar-refractivity contribution in [2.45, 2.75) is 25.8 Å². The lowest BCUT2D eigenvalue weighted by Crippen LogP contribution is -2.45. The number of guanidine groups is 1. The van der Waals surface area contributed by atoms with E-state index >= 15 is 0 Å². The van der Waals surface area contributed by atoms with Crippen molar-refractivity contribution < 1.29 is 14.3 Å². The number of nitrogens with one attached hydrogen (secondary N) is 2. The topological polar surface area (TPSA) is 109 Å². The number of piperidine rings is 1. The third-order valence-corrected chi connectivity index (χ3v) is 4.61. The number of aliphatic imine (C=N–C) groups is 1. The van der Waals surface area contributed by atoms with Gasteiger partial charge in [0, 0.05) is 40.2 Å². The molecule has 0 radical (unpaired) electrons. The Balaban J connectivity index is 1.83. The Kier molecular flexibility index (Phi) is 7.91. The van der Waals surface area contributed by atoms with E-state index in [1.54, 1.807) is 20.2 Å². The zero-order valence-electron chi connectivity index (χ0n) is 16.0. The summed E-state index contributed by atoms with van der Waals surface area (Å²) in [6, 6.07) is 7.52. The summed E-state index contributed by atoms with van der Waals surface area (Å²) >= 11 is 0. The van der Waals surface area contributed by atoms with Gasteiger partial charge in [-0.3, -0.25) is 14.6 Å². The van der Waals surface area contributed by atoms with Crippen LogP contribution in [0.5, 0.6) is 5.75 Å². The summed E-state index contributed by atoms with van der Waals surface area (Å²) in [5.41, 5.74) is 6.12. The van der Waals surface area contributed by atoms with E-state index < -0.39 is 5.91 Å². The third-order valence-electron chi connectivity index (χ3n) is 4.61. The highest BCUT2D eigenvalue weighted by molar-refractivity contribution is 5.80. The number of amides is 2. The summed E-state index contributed by atoms with van der Waals surface area (Å²) in [5, 5.41) is 6.05. The molecule has 0 spiro atoms. The van der Waals surface area contributed by atoms with Crippen molar-refractivity contribution >= 4 is 17.8 Å². The molecule has 1 saturated heterocycles. The van der Waals surface area contributed by atoms with Gasteiger partial charge < -0.3 is 26.0 Å². The lowest BCUT2D eigenvalue weighted by atomic mass is 9.93. The Bertz CT molecular complexity index is 669. The molecule has 27 heavy (non-hydrogen) atoms. The molecule has 1 aromatic carbocycles. The van der Waals surface area contributed by atoms with Crippen molar-refractivity contribution in [3.63, 3.8) is 0 Å². The van der Waals surface area contributed by atoms with Crippen LogP contribution in [0.15, 0.2) is 29.3 Å². The number of carbonyl (C=O) groups excluding carboxylic acids is 2. The van der Waals surface area contributed by atoms with E-state index in [9.17, 15) is 9.59 Å². The van der Waals surface area contributed by atoms with Crippen LogP contribution >= 0.6 is 0 Å². The van der Waals surface area contributed by atoms with Gasteiger partial charge in [-0.1, -0.05) is 12.1 Å².